The first-order valence-corrected chi connectivity index (χ1v) is 14.3. The SMILES string of the molecule is COc1cc(C(C)c2ccc(C)c(CNS(=O)(=O)C3CCC(C4CCC4)C3)c2)cc2nnn(C)c12. The second-order valence-corrected chi connectivity index (χ2v) is 12.5. The van der Waals surface area contributed by atoms with Crippen molar-refractivity contribution >= 4 is 21.1 Å². The van der Waals surface area contributed by atoms with Gasteiger partial charge in [-0.1, -0.05) is 49.6 Å². The Bertz CT molecular complexity index is 1330. The molecule has 8 heteroatoms. The van der Waals surface area contributed by atoms with Gasteiger partial charge in [0.1, 0.15) is 16.8 Å². The molecule has 188 valence electrons. The van der Waals surface area contributed by atoms with Crippen LogP contribution in [0, 0.1) is 18.8 Å². The zero-order valence-corrected chi connectivity index (χ0v) is 21.9. The van der Waals surface area contributed by atoms with Crippen molar-refractivity contribution in [1.29, 1.82) is 0 Å². The largest absolute Gasteiger partial charge is 0.494 e. The molecule has 3 unspecified atom stereocenters. The van der Waals surface area contributed by atoms with Crippen LogP contribution >= 0.6 is 0 Å². The topological polar surface area (TPSA) is 86.1 Å². The van der Waals surface area contributed by atoms with E-state index in [2.05, 4.69) is 46.2 Å². The molecule has 0 aliphatic heterocycles. The number of fused-ring (bicyclic) bond motifs is 1. The molecule has 3 aromatic rings. The van der Waals surface area contributed by atoms with Crippen LogP contribution in [-0.2, 0) is 23.6 Å². The highest BCUT2D eigenvalue weighted by Crippen LogP contribution is 2.43. The number of ether oxygens (including phenoxy) is 1. The molecule has 35 heavy (non-hydrogen) atoms. The molecule has 0 amide bonds. The smallest absolute Gasteiger partial charge is 0.214 e. The summed E-state index contributed by atoms with van der Waals surface area (Å²) in [7, 11) is 0.186. The summed E-state index contributed by atoms with van der Waals surface area (Å²) in [5.74, 6) is 2.19. The van der Waals surface area contributed by atoms with Crippen molar-refractivity contribution < 1.29 is 13.2 Å². The highest BCUT2D eigenvalue weighted by Gasteiger charge is 2.39. The lowest BCUT2D eigenvalue weighted by atomic mass is 9.75. The Morgan fingerprint density at radius 1 is 1.11 bits per heavy atom. The van der Waals surface area contributed by atoms with Crippen molar-refractivity contribution in [2.24, 2.45) is 18.9 Å². The Labute approximate surface area is 208 Å². The number of nitrogens with zero attached hydrogens (tertiary/aromatic N) is 3. The van der Waals surface area contributed by atoms with E-state index in [1.165, 1.54) is 19.3 Å². The average Bonchev–Trinajstić information content (AvgIpc) is 3.44. The maximum absolute atomic E-state index is 13.1. The van der Waals surface area contributed by atoms with E-state index < -0.39 is 10.0 Å². The number of benzene rings is 2. The number of rotatable bonds is 8. The highest BCUT2D eigenvalue weighted by molar-refractivity contribution is 7.90. The minimum atomic E-state index is -3.33. The molecular formula is C27H36N4O3S. The van der Waals surface area contributed by atoms with Gasteiger partial charge in [-0.05, 0) is 72.4 Å². The monoisotopic (exact) mass is 496 g/mol. The number of methoxy groups -OCH3 is 1. The van der Waals surface area contributed by atoms with E-state index in [0.29, 0.717) is 12.5 Å². The lowest BCUT2D eigenvalue weighted by Gasteiger charge is -2.31. The van der Waals surface area contributed by atoms with Crippen molar-refractivity contribution in [1.82, 2.24) is 19.7 Å². The summed E-state index contributed by atoms with van der Waals surface area (Å²) in [5.41, 5.74) is 5.97. The lowest BCUT2D eigenvalue weighted by Crippen LogP contribution is -2.33. The third-order valence-electron chi connectivity index (χ3n) is 8.42. The normalized spacial score (nSPS) is 21.8. The third kappa shape index (κ3) is 4.70. The van der Waals surface area contributed by atoms with Crippen molar-refractivity contribution in [3.63, 3.8) is 0 Å². The number of hydrogen-bond acceptors (Lipinski definition) is 5. The molecule has 3 atom stereocenters. The third-order valence-corrected chi connectivity index (χ3v) is 10.3. The Morgan fingerprint density at radius 2 is 1.91 bits per heavy atom. The van der Waals surface area contributed by atoms with Gasteiger partial charge in [0, 0.05) is 19.5 Å². The molecule has 2 aromatic carbocycles. The van der Waals surface area contributed by atoms with Crippen LogP contribution in [0.15, 0.2) is 30.3 Å². The number of aromatic nitrogens is 3. The first-order valence-electron chi connectivity index (χ1n) is 12.7. The molecule has 5 rings (SSSR count). The van der Waals surface area contributed by atoms with Crippen LogP contribution in [0.3, 0.4) is 0 Å². The molecular weight excluding hydrogens is 460 g/mol. The van der Waals surface area contributed by atoms with E-state index in [9.17, 15) is 8.42 Å². The quantitative estimate of drug-likeness (QED) is 0.483. The van der Waals surface area contributed by atoms with Gasteiger partial charge in [0.15, 0.2) is 0 Å². The van der Waals surface area contributed by atoms with Crippen LogP contribution < -0.4 is 9.46 Å². The van der Waals surface area contributed by atoms with E-state index in [1.54, 1.807) is 11.8 Å². The second kappa shape index (κ2) is 9.54. The zero-order chi connectivity index (χ0) is 24.7. The van der Waals surface area contributed by atoms with E-state index in [-0.39, 0.29) is 11.2 Å². The predicted molar refractivity (Wildman–Crippen MR) is 138 cm³/mol. The van der Waals surface area contributed by atoms with Gasteiger partial charge in [-0.15, -0.1) is 5.10 Å². The fourth-order valence-corrected chi connectivity index (χ4v) is 7.35. The van der Waals surface area contributed by atoms with E-state index >= 15 is 0 Å². The van der Waals surface area contributed by atoms with Crippen molar-refractivity contribution in [3.05, 3.63) is 52.6 Å². The molecule has 2 aliphatic carbocycles. The van der Waals surface area contributed by atoms with Crippen LogP contribution in [0.4, 0.5) is 0 Å². The number of aryl methyl sites for hydroxylation is 2. The molecule has 0 spiro atoms. The molecule has 0 saturated heterocycles. The Balaban J connectivity index is 1.32. The highest BCUT2D eigenvalue weighted by atomic mass is 32.2. The lowest BCUT2D eigenvalue weighted by molar-refractivity contribution is 0.210. The predicted octanol–water partition coefficient (Wildman–Crippen LogP) is 4.83. The van der Waals surface area contributed by atoms with Crippen molar-refractivity contribution in [2.75, 3.05) is 7.11 Å². The van der Waals surface area contributed by atoms with Gasteiger partial charge in [0.2, 0.25) is 10.0 Å². The first kappa shape index (κ1) is 24.3. The van der Waals surface area contributed by atoms with Gasteiger partial charge in [-0.3, -0.25) is 0 Å². The summed E-state index contributed by atoms with van der Waals surface area (Å²) in [6, 6.07) is 10.4. The standard InChI is InChI=1S/C27H36N4O3S/c1-17-8-9-20(18(2)22-14-25-27(26(15-22)34-4)31(3)30-29-25)12-23(17)16-28-35(32,33)24-11-10-21(13-24)19-6-5-7-19/h8-9,12,14-15,18-19,21,24,28H,5-7,10-11,13,16H2,1-4H3. The molecule has 0 radical (unpaired) electrons. The fraction of sp³-hybridized carbons (Fsp3) is 0.556. The molecule has 2 fully saturated rings. The van der Waals surface area contributed by atoms with Crippen LogP contribution in [-0.4, -0.2) is 35.8 Å². The maximum Gasteiger partial charge on any atom is 0.214 e. The summed E-state index contributed by atoms with van der Waals surface area (Å²) in [4.78, 5) is 0. The van der Waals surface area contributed by atoms with Gasteiger partial charge in [0.25, 0.3) is 0 Å². The number of hydrogen-bond donors (Lipinski definition) is 1. The van der Waals surface area contributed by atoms with Gasteiger partial charge >= 0.3 is 0 Å². The minimum absolute atomic E-state index is 0.0873. The number of sulfonamides is 1. The Morgan fingerprint density at radius 3 is 2.63 bits per heavy atom. The van der Waals surface area contributed by atoms with E-state index in [4.69, 9.17) is 4.74 Å². The molecule has 0 bridgehead atoms. The van der Waals surface area contributed by atoms with Crippen molar-refractivity contribution in [2.45, 2.75) is 70.1 Å². The molecule has 7 nitrogen and oxygen atoms in total. The molecule has 1 aromatic heterocycles. The molecule has 1 N–H and O–H groups in total. The molecule has 2 saturated carbocycles. The second-order valence-electron chi connectivity index (χ2n) is 10.5. The molecule has 2 aliphatic rings. The summed E-state index contributed by atoms with van der Waals surface area (Å²) in [6.07, 6.45) is 6.55. The summed E-state index contributed by atoms with van der Waals surface area (Å²) < 4.78 is 36.5. The van der Waals surface area contributed by atoms with Gasteiger partial charge in [-0.2, -0.15) is 0 Å². The fourth-order valence-electron chi connectivity index (χ4n) is 5.82. The zero-order valence-electron chi connectivity index (χ0n) is 21.1. The summed E-state index contributed by atoms with van der Waals surface area (Å²) >= 11 is 0. The molecule has 1 heterocycles. The summed E-state index contributed by atoms with van der Waals surface area (Å²) in [5, 5.41) is 8.15. The van der Waals surface area contributed by atoms with Gasteiger partial charge in [0.05, 0.1) is 12.4 Å². The van der Waals surface area contributed by atoms with Crippen molar-refractivity contribution in [3.8, 4) is 5.75 Å². The Kier molecular flexibility index (Phi) is 6.61. The van der Waals surface area contributed by atoms with Crippen LogP contribution in [0.1, 0.15) is 73.6 Å². The number of nitrogens with one attached hydrogen (secondary N) is 1. The minimum Gasteiger partial charge on any atom is -0.494 e. The van der Waals surface area contributed by atoms with Gasteiger partial charge < -0.3 is 4.74 Å². The maximum atomic E-state index is 13.1. The Hall–Kier alpha value is -2.45. The van der Waals surface area contributed by atoms with E-state index in [0.717, 1.165) is 64.2 Å². The van der Waals surface area contributed by atoms with Crippen LogP contribution in [0.5, 0.6) is 5.75 Å². The average molecular weight is 497 g/mol. The summed E-state index contributed by atoms with van der Waals surface area (Å²) in [6.45, 7) is 4.51. The first-order chi connectivity index (χ1) is 16.8. The van der Waals surface area contributed by atoms with Gasteiger partial charge in [-0.25, -0.2) is 17.8 Å². The van der Waals surface area contributed by atoms with Crippen LogP contribution in [0.25, 0.3) is 11.0 Å². The van der Waals surface area contributed by atoms with Crippen LogP contribution in [0.2, 0.25) is 0 Å². The van der Waals surface area contributed by atoms with E-state index in [1.807, 2.05) is 20.0 Å².